The zero-order valence-corrected chi connectivity index (χ0v) is 13.1. The molecule has 1 aromatic heterocycles. The van der Waals surface area contributed by atoms with Gasteiger partial charge in [-0.1, -0.05) is 19.1 Å². The third kappa shape index (κ3) is 3.32. The second-order valence-corrected chi connectivity index (χ2v) is 5.44. The third-order valence-corrected chi connectivity index (χ3v) is 3.75. The van der Waals surface area contributed by atoms with Gasteiger partial charge in [-0.05, 0) is 36.2 Å². The second kappa shape index (κ2) is 6.62. The van der Waals surface area contributed by atoms with Crippen molar-refractivity contribution < 1.29 is 9.18 Å². The lowest BCUT2D eigenvalue weighted by atomic mass is 10.1. The van der Waals surface area contributed by atoms with Gasteiger partial charge in [-0.25, -0.2) is 9.37 Å². The van der Waals surface area contributed by atoms with E-state index < -0.39 is 5.82 Å². The van der Waals surface area contributed by atoms with Gasteiger partial charge >= 0.3 is 0 Å². The van der Waals surface area contributed by atoms with Gasteiger partial charge in [0.05, 0.1) is 17.2 Å². The van der Waals surface area contributed by atoms with Crippen LogP contribution in [-0.2, 0) is 17.8 Å². The summed E-state index contributed by atoms with van der Waals surface area (Å²) in [4.78, 5) is 28.5. The number of fused-ring (bicyclic) bond motifs is 1. The summed E-state index contributed by atoms with van der Waals surface area (Å²) >= 11 is 0. The summed E-state index contributed by atoms with van der Waals surface area (Å²) in [5, 5.41) is 3.02. The standard InChI is InChI=1S/C18H16FN3O2/c1-2-12-3-6-14(7-4-12)21-17(23)10-22-11-20-16-9-13(19)5-8-15(16)18(22)24/h3-9,11H,2,10H2,1H3,(H,21,23). The predicted molar refractivity (Wildman–Crippen MR) is 90.4 cm³/mol. The van der Waals surface area contributed by atoms with Gasteiger partial charge in [-0.15, -0.1) is 0 Å². The number of hydrogen-bond acceptors (Lipinski definition) is 3. The number of amides is 1. The molecule has 0 bridgehead atoms. The Kier molecular flexibility index (Phi) is 4.37. The zero-order chi connectivity index (χ0) is 17.1. The van der Waals surface area contributed by atoms with Crippen LogP contribution < -0.4 is 10.9 Å². The zero-order valence-electron chi connectivity index (χ0n) is 13.1. The first-order chi connectivity index (χ1) is 11.6. The molecule has 0 fully saturated rings. The molecule has 1 heterocycles. The highest BCUT2D eigenvalue weighted by Crippen LogP contribution is 2.11. The Morgan fingerprint density at radius 3 is 2.67 bits per heavy atom. The van der Waals surface area contributed by atoms with Crippen molar-refractivity contribution in [1.29, 1.82) is 0 Å². The van der Waals surface area contributed by atoms with Gasteiger partial charge in [0.2, 0.25) is 5.91 Å². The van der Waals surface area contributed by atoms with E-state index in [-0.39, 0.29) is 28.9 Å². The number of halogens is 1. The number of benzene rings is 2. The summed E-state index contributed by atoms with van der Waals surface area (Å²) in [6.07, 6.45) is 2.18. The van der Waals surface area contributed by atoms with Crippen molar-refractivity contribution in [2.24, 2.45) is 0 Å². The van der Waals surface area contributed by atoms with Gasteiger partial charge in [-0.3, -0.25) is 14.2 Å². The number of anilines is 1. The molecule has 1 amide bonds. The smallest absolute Gasteiger partial charge is 0.261 e. The van der Waals surface area contributed by atoms with Crippen molar-refractivity contribution in [2.75, 3.05) is 5.32 Å². The molecule has 1 N–H and O–H groups in total. The third-order valence-electron chi connectivity index (χ3n) is 3.75. The highest BCUT2D eigenvalue weighted by atomic mass is 19.1. The summed E-state index contributed by atoms with van der Waals surface area (Å²) in [7, 11) is 0. The Morgan fingerprint density at radius 1 is 1.21 bits per heavy atom. The predicted octanol–water partition coefficient (Wildman–Crippen LogP) is 2.74. The number of aromatic nitrogens is 2. The van der Waals surface area contributed by atoms with Gasteiger partial charge in [0.1, 0.15) is 12.4 Å². The molecule has 2 aromatic carbocycles. The molecule has 0 spiro atoms. The van der Waals surface area contributed by atoms with Crippen molar-refractivity contribution in [3.05, 3.63) is 70.5 Å². The molecule has 0 saturated heterocycles. The maximum atomic E-state index is 13.2. The number of aryl methyl sites for hydroxylation is 1. The lowest BCUT2D eigenvalue weighted by molar-refractivity contribution is -0.116. The molecular weight excluding hydrogens is 309 g/mol. The molecule has 122 valence electrons. The van der Waals surface area contributed by atoms with E-state index in [4.69, 9.17) is 0 Å². The van der Waals surface area contributed by atoms with Gasteiger partial charge in [0.15, 0.2) is 0 Å². The fourth-order valence-corrected chi connectivity index (χ4v) is 2.42. The number of nitrogens with one attached hydrogen (secondary N) is 1. The minimum Gasteiger partial charge on any atom is -0.325 e. The van der Waals surface area contributed by atoms with Crippen LogP contribution in [0.4, 0.5) is 10.1 Å². The van der Waals surface area contributed by atoms with E-state index in [1.54, 1.807) is 0 Å². The quantitative estimate of drug-likeness (QED) is 0.802. The van der Waals surface area contributed by atoms with Crippen LogP contribution in [0.3, 0.4) is 0 Å². The molecule has 5 nitrogen and oxygen atoms in total. The van der Waals surface area contributed by atoms with Gasteiger partial charge in [-0.2, -0.15) is 0 Å². The van der Waals surface area contributed by atoms with Crippen molar-refractivity contribution >= 4 is 22.5 Å². The van der Waals surface area contributed by atoms with Crippen molar-refractivity contribution in [3.63, 3.8) is 0 Å². The van der Waals surface area contributed by atoms with Crippen LogP contribution >= 0.6 is 0 Å². The normalized spacial score (nSPS) is 10.8. The molecule has 3 aromatic rings. The molecule has 0 atom stereocenters. The van der Waals surface area contributed by atoms with E-state index in [1.165, 1.54) is 34.7 Å². The largest absolute Gasteiger partial charge is 0.325 e. The van der Waals surface area contributed by atoms with Crippen LogP contribution in [0.1, 0.15) is 12.5 Å². The molecule has 24 heavy (non-hydrogen) atoms. The van der Waals surface area contributed by atoms with Crippen LogP contribution in [0.15, 0.2) is 53.6 Å². The molecule has 0 aliphatic rings. The van der Waals surface area contributed by atoms with Gasteiger partial charge in [0, 0.05) is 11.8 Å². The average Bonchev–Trinajstić information content (AvgIpc) is 2.58. The minimum atomic E-state index is -0.458. The Balaban J connectivity index is 1.78. The highest BCUT2D eigenvalue weighted by Gasteiger charge is 2.09. The lowest BCUT2D eigenvalue weighted by Gasteiger charge is -2.08. The Hall–Kier alpha value is -3.02. The van der Waals surface area contributed by atoms with E-state index >= 15 is 0 Å². The first-order valence-electron chi connectivity index (χ1n) is 7.60. The Bertz CT molecular complexity index is 949. The lowest BCUT2D eigenvalue weighted by Crippen LogP contribution is -2.27. The fraction of sp³-hybridized carbons (Fsp3) is 0.167. The Labute approximate surface area is 137 Å². The molecule has 0 radical (unpaired) electrons. The minimum absolute atomic E-state index is 0.158. The molecule has 0 unspecified atom stereocenters. The van der Waals surface area contributed by atoms with Crippen LogP contribution in [0, 0.1) is 5.82 Å². The summed E-state index contributed by atoms with van der Waals surface area (Å²) in [6.45, 7) is 1.90. The number of hydrogen-bond donors (Lipinski definition) is 1. The highest BCUT2D eigenvalue weighted by molar-refractivity contribution is 5.90. The molecular formula is C18H16FN3O2. The Morgan fingerprint density at radius 2 is 1.96 bits per heavy atom. The first kappa shape index (κ1) is 15.9. The van der Waals surface area contributed by atoms with Crippen LogP contribution in [0.25, 0.3) is 10.9 Å². The fourth-order valence-electron chi connectivity index (χ4n) is 2.42. The summed E-state index contributed by atoms with van der Waals surface area (Å²) in [6, 6.07) is 11.3. The van der Waals surface area contributed by atoms with Crippen molar-refractivity contribution in [2.45, 2.75) is 19.9 Å². The van der Waals surface area contributed by atoms with Crippen LogP contribution in [0.5, 0.6) is 0 Å². The monoisotopic (exact) mass is 325 g/mol. The molecule has 0 aliphatic heterocycles. The molecule has 6 heteroatoms. The van der Waals surface area contributed by atoms with E-state index in [2.05, 4.69) is 17.2 Å². The summed E-state index contributed by atoms with van der Waals surface area (Å²) in [5.41, 5.74) is 1.74. The molecule has 0 aliphatic carbocycles. The maximum absolute atomic E-state index is 13.2. The number of nitrogens with zero attached hydrogens (tertiary/aromatic N) is 2. The number of carbonyl (C=O) groups is 1. The molecule has 3 rings (SSSR count). The topological polar surface area (TPSA) is 64.0 Å². The second-order valence-electron chi connectivity index (χ2n) is 5.44. The van der Waals surface area contributed by atoms with E-state index in [9.17, 15) is 14.0 Å². The molecule has 0 saturated carbocycles. The van der Waals surface area contributed by atoms with Crippen LogP contribution in [0.2, 0.25) is 0 Å². The van der Waals surface area contributed by atoms with Crippen molar-refractivity contribution in [1.82, 2.24) is 9.55 Å². The number of carbonyl (C=O) groups excluding carboxylic acids is 1. The van der Waals surface area contributed by atoms with E-state index in [0.717, 1.165) is 6.42 Å². The number of rotatable bonds is 4. The summed E-state index contributed by atoms with van der Waals surface area (Å²) in [5.74, 6) is -0.787. The van der Waals surface area contributed by atoms with E-state index in [0.29, 0.717) is 5.69 Å². The van der Waals surface area contributed by atoms with Crippen molar-refractivity contribution in [3.8, 4) is 0 Å². The van der Waals surface area contributed by atoms with Gasteiger partial charge < -0.3 is 5.32 Å². The van der Waals surface area contributed by atoms with Crippen LogP contribution in [-0.4, -0.2) is 15.5 Å². The van der Waals surface area contributed by atoms with Gasteiger partial charge in [0.25, 0.3) is 5.56 Å². The maximum Gasteiger partial charge on any atom is 0.261 e. The summed E-state index contributed by atoms with van der Waals surface area (Å²) < 4.78 is 14.4. The average molecular weight is 325 g/mol. The first-order valence-corrected chi connectivity index (χ1v) is 7.60. The SMILES string of the molecule is CCc1ccc(NC(=O)Cn2cnc3cc(F)ccc3c2=O)cc1. The van der Waals surface area contributed by atoms with E-state index in [1.807, 2.05) is 24.3 Å².